The quantitative estimate of drug-likeness (QED) is 0.806. The molecule has 0 amide bonds. The molecule has 4 nitrogen and oxygen atoms in total. The molecular weight excluding hydrogens is 224 g/mol. The number of nitrogens with zero attached hydrogens (tertiary/aromatic N) is 2. The van der Waals surface area contributed by atoms with Crippen LogP contribution in [0.4, 0.5) is 11.4 Å². The first-order valence-corrected chi connectivity index (χ1v) is 5.81. The molecule has 0 unspecified atom stereocenters. The van der Waals surface area contributed by atoms with E-state index < -0.39 is 0 Å². The minimum atomic E-state index is 0.506. The molecule has 0 heterocycles. The van der Waals surface area contributed by atoms with Gasteiger partial charge in [0.1, 0.15) is 0 Å². The summed E-state index contributed by atoms with van der Waals surface area (Å²) in [5.41, 5.74) is 14.8. The highest BCUT2D eigenvalue weighted by molar-refractivity contribution is 5.43. The molecule has 2 aromatic rings. The molecule has 0 aromatic heterocycles. The molecule has 2 rings (SSSR count). The lowest BCUT2D eigenvalue weighted by Crippen LogP contribution is -1.94. The van der Waals surface area contributed by atoms with Crippen LogP contribution < -0.4 is 11.5 Å². The van der Waals surface area contributed by atoms with E-state index in [2.05, 4.69) is 10.2 Å². The summed E-state index contributed by atoms with van der Waals surface area (Å²) in [6.45, 7) is 1.01. The fourth-order valence-electron chi connectivity index (χ4n) is 1.61. The second kappa shape index (κ2) is 6.05. The van der Waals surface area contributed by atoms with Gasteiger partial charge in [-0.1, -0.05) is 24.3 Å². The zero-order chi connectivity index (χ0) is 12.8. The van der Waals surface area contributed by atoms with Gasteiger partial charge in [-0.2, -0.15) is 10.2 Å². The molecule has 0 atom stereocenters. The van der Waals surface area contributed by atoms with Gasteiger partial charge in [-0.25, -0.2) is 0 Å². The van der Waals surface area contributed by atoms with Crippen LogP contribution in [0.2, 0.25) is 0 Å². The van der Waals surface area contributed by atoms with Crippen LogP contribution in [0.3, 0.4) is 0 Å². The summed E-state index contributed by atoms with van der Waals surface area (Å²) in [6.07, 6.45) is 0. The lowest BCUT2D eigenvalue weighted by atomic mass is 10.2. The van der Waals surface area contributed by atoms with Crippen LogP contribution in [0.1, 0.15) is 11.1 Å². The van der Waals surface area contributed by atoms with Crippen LogP contribution >= 0.6 is 0 Å². The van der Waals surface area contributed by atoms with Crippen LogP contribution in [0, 0.1) is 0 Å². The summed E-state index contributed by atoms with van der Waals surface area (Å²) in [7, 11) is 0. The Kier molecular flexibility index (Phi) is 4.17. The van der Waals surface area contributed by atoms with Crippen molar-refractivity contribution in [2.24, 2.45) is 21.7 Å². The lowest BCUT2D eigenvalue weighted by Gasteiger charge is -1.99. The second-order valence-electron chi connectivity index (χ2n) is 3.95. The van der Waals surface area contributed by atoms with Crippen LogP contribution in [0.15, 0.2) is 58.8 Å². The molecular formula is C14H16N4. The topological polar surface area (TPSA) is 76.8 Å². The maximum absolute atomic E-state index is 5.58. The summed E-state index contributed by atoms with van der Waals surface area (Å²) < 4.78 is 0. The summed E-state index contributed by atoms with van der Waals surface area (Å²) in [5.74, 6) is 0. The maximum atomic E-state index is 5.58. The Labute approximate surface area is 106 Å². The third-order valence-corrected chi connectivity index (χ3v) is 2.57. The Balaban J connectivity index is 2.18. The van der Waals surface area contributed by atoms with Crippen LogP contribution in [0.5, 0.6) is 0 Å². The van der Waals surface area contributed by atoms with Gasteiger partial charge in [0, 0.05) is 13.1 Å². The molecule has 92 valence electrons. The van der Waals surface area contributed by atoms with Gasteiger partial charge < -0.3 is 11.5 Å². The molecule has 0 spiro atoms. The summed E-state index contributed by atoms with van der Waals surface area (Å²) in [5, 5.41) is 8.38. The van der Waals surface area contributed by atoms with Crippen molar-refractivity contribution in [1.82, 2.24) is 0 Å². The minimum absolute atomic E-state index is 0.506. The number of benzene rings is 2. The van der Waals surface area contributed by atoms with Crippen molar-refractivity contribution in [3.63, 3.8) is 0 Å². The molecule has 0 aliphatic carbocycles. The number of hydrogen-bond donors (Lipinski definition) is 2. The van der Waals surface area contributed by atoms with Crippen molar-refractivity contribution in [1.29, 1.82) is 0 Å². The third-order valence-electron chi connectivity index (χ3n) is 2.57. The van der Waals surface area contributed by atoms with Gasteiger partial charge in [0.2, 0.25) is 0 Å². The Morgan fingerprint density at radius 3 is 1.56 bits per heavy atom. The fraction of sp³-hybridized carbons (Fsp3) is 0.143. The predicted molar refractivity (Wildman–Crippen MR) is 72.8 cm³/mol. The lowest BCUT2D eigenvalue weighted by molar-refractivity contribution is 1.06. The van der Waals surface area contributed by atoms with Crippen molar-refractivity contribution in [2.45, 2.75) is 13.1 Å². The minimum Gasteiger partial charge on any atom is -0.326 e. The molecule has 2 aromatic carbocycles. The van der Waals surface area contributed by atoms with E-state index in [-0.39, 0.29) is 0 Å². The van der Waals surface area contributed by atoms with Crippen molar-refractivity contribution in [3.05, 3.63) is 59.7 Å². The SMILES string of the molecule is NCc1cccc(N=Nc2cccc(CN)c2)c1. The molecule has 0 aliphatic heterocycles. The van der Waals surface area contributed by atoms with Gasteiger partial charge in [0.05, 0.1) is 11.4 Å². The highest BCUT2D eigenvalue weighted by atomic mass is 15.1. The number of rotatable bonds is 4. The summed E-state index contributed by atoms with van der Waals surface area (Å²) in [4.78, 5) is 0. The number of nitrogens with two attached hydrogens (primary N) is 2. The first-order chi connectivity index (χ1) is 8.81. The molecule has 0 radical (unpaired) electrons. The first kappa shape index (κ1) is 12.4. The van der Waals surface area contributed by atoms with Crippen molar-refractivity contribution in [3.8, 4) is 0 Å². The molecule has 18 heavy (non-hydrogen) atoms. The Hall–Kier alpha value is -2.04. The largest absolute Gasteiger partial charge is 0.326 e. The van der Waals surface area contributed by atoms with E-state index in [1.807, 2.05) is 48.5 Å². The number of azo groups is 1. The number of hydrogen-bond acceptors (Lipinski definition) is 4. The van der Waals surface area contributed by atoms with Crippen LogP contribution in [0.25, 0.3) is 0 Å². The average molecular weight is 240 g/mol. The molecule has 0 saturated carbocycles. The van der Waals surface area contributed by atoms with Gasteiger partial charge in [0.25, 0.3) is 0 Å². The molecule has 0 aliphatic rings. The molecule has 4 heteroatoms. The van der Waals surface area contributed by atoms with E-state index in [1.165, 1.54) is 0 Å². The van der Waals surface area contributed by atoms with E-state index in [0.717, 1.165) is 22.5 Å². The molecule has 0 fully saturated rings. The fourth-order valence-corrected chi connectivity index (χ4v) is 1.61. The highest BCUT2D eigenvalue weighted by Crippen LogP contribution is 2.19. The van der Waals surface area contributed by atoms with Crippen LogP contribution in [-0.2, 0) is 13.1 Å². The highest BCUT2D eigenvalue weighted by Gasteiger charge is 1.94. The molecule has 4 N–H and O–H groups in total. The maximum Gasteiger partial charge on any atom is 0.0860 e. The Morgan fingerprint density at radius 2 is 1.17 bits per heavy atom. The monoisotopic (exact) mass is 240 g/mol. The summed E-state index contributed by atoms with van der Waals surface area (Å²) in [6, 6.07) is 15.4. The van der Waals surface area contributed by atoms with E-state index in [4.69, 9.17) is 11.5 Å². The Morgan fingerprint density at radius 1 is 0.722 bits per heavy atom. The second-order valence-corrected chi connectivity index (χ2v) is 3.95. The molecule has 0 bridgehead atoms. The smallest absolute Gasteiger partial charge is 0.0860 e. The van der Waals surface area contributed by atoms with Gasteiger partial charge in [-0.15, -0.1) is 0 Å². The summed E-state index contributed by atoms with van der Waals surface area (Å²) >= 11 is 0. The normalized spacial score (nSPS) is 11.0. The first-order valence-electron chi connectivity index (χ1n) is 5.81. The van der Waals surface area contributed by atoms with Gasteiger partial charge >= 0.3 is 0 Å². The van der Waals surface area contributed by atoms with E-state index >= 15 is 0 Å². The van der Waals surface area contributed by atoms with Crippen molar-refractivity contribution in [2.75, 3.05) is 0 Å². The van der Waals surface area contributed by atoms with Crippen LogP contribution in [-0.4, -0.2) is 0 Å². The van der Waals surface area contributed by atoms with E-state index in [9.17, 15) is 0 Å². The third kappa shape index (κ3) is 3.23. The zero-order valence-corrected chi connectivity index (χ0v) is 10.1. The molecule has 0 saturated heterocycles. The van der Waals surface area contributed by atoms with Gasteiger partial charge in [-0.05, 0) is 35.4 Å². The van der Waals surface area contributed by atoms with Gasteiger partial charge in [0.15, 0.2) is 0 Å². The van der Waals surface area contributed by atoms with Crippen molar-refractivity contribution >= 4 is 11.4 Å². The van der Waals surface area contributed by atoms with E-state index in [0.29, 0.717) is 13.1 Å². The van der Waals surface area contributed by atoms with Crippen molar-refractivity contribution < 1.29 is 0 Å². The van der Waals surface area contributed by atoms with E-state index in [1.54, 1.807) is 0 Å². The standard InChI is InChI=1S/C14H16N4/c15-9-11-3-1-5-13(7-11)17-18-14-6-2-4-12(8-14)10-16/h1-8H,9-10,15-16H2. The zero-order valence-electron chi connectivity index (χ0n) is 10.1. The Bertz CT molecular complexity index is 499. The van der Waals surface area contributed by atoms with Gasteiger partial charge in [-0.3, -0.25) is 0 Å². The predicted octanol–water partition coefficient (Wildman–Crippen LogP) is 3.02. The average Bonchev–Trinajstić information content (AvgIpc) is 2.45.